The first kappa shape index (κ1) is 19.9. The molecule has 0 aliphatic heterocycles. The van der Waals surface area contributed by atoms with Gasteiger partial charge in [-0.05, 0) is 12.8 Å². The predicted molar refractivity (Wildman–Crippen MR) is 83.0 cm³/mol. The smallest absolute Gasteiger partial charge is 0.248 e. The maximum atomic E-state index is 11.4. The van der Waals surface area contributed by atoms with Gasteiger partial charge >= 0.3 is 10.4 Å². The average molecular weight is 308 g/mol. The van der Waals surface area contributed by atoms with Crippen molar-refractivity contribution in [3.63, 3.8) is 0 Å². The van der Waals surface area contributed by atoms with Gasteiger partial charge < -0.3 is 0 Å². The second-order valence-corrected chi connectivity index (χ2v) is 6.52. The quantitative estimate of drug-likeness (QED) is 0.415. The lowest BCUT2D eigenvalue weighted by atomic mass is 10.1. The second kappa shape index (κ2) is 13.8. The SMILES string of the molecule is CCCCCCCCOS(=O)(=O)OCCCCCCC. The van der Waals surface area contributed by atoms with E-state index in [1.165, 1.54) is 32.1 Å². The summed E-state index contributed by atoms with van der Waals surface area (Å²) in [7, 11) is -3.77. The van der Waals surface area contributed by atoms with Crippen LogP contribution in [-0.4, -0.2) is 21.6 Å². The fraction of sp³-hybridized carbons (Fsp3) is 1.00. The molecule has 20 heavy (non-hydrogen) atoms. The van der Waals surface area contributed by atoms with E-state index in [1.54, 1.807) is 0 Å². The molecule has 0 aromatic rings. The van der Waals surface area contributed by atoms with Crippen LogP contribution in [-0.2, 0) is 18.8 Å². The maximum absolute atomic E-state index is 11.4. The van der Waals surface area contributed by atoms with Gasteiger partial charge in [0, 0.05) is 0 Å². The van der Waals surface area contributed by atoms with E-state index in [0.29, 0.717) is 0 Å². The van der Waals surface area contributed by atoms with Crippen LogP contribution in [0.2, 0.25) is 0 Å². The number of rotatable bonds is 15. The van der Waals surface area contributed by atoms with Crippen LogP contribution in [0.5, 0.6) is 0 Å². The molecule has 0 atom stereocenters. The molecule has 4 nitrogen and oxygen atoms in total. The number of hydrogen-bond donors (Lipinski definition) is 0. The van der Waals surface area contributed by atoms with E-state index in [-0.39, 0.29) is 13.2 Å². The Morgan fingerprint density at radius 3 is 1.35 bits per heavy atom. The van der Waals surface area contributed by atoms with E-state index >= 15 is 0 Å². The summed E-state index contributed by atoms with van der Waals surface area (Å²) in [6.07, 6.45) is 11.9. The normalized spacial score (nSPS) is 11.9. The predicted octanol–water partition coefficient (Wildman–Crippen LogP) is 4.60. The van der Waals surface area contributed by atoms with Crippen LogP contribution < -0.4 is 0 Å². The van der Waals surface area contributed by atoms with Crippen molar-refractivity contribution in [1.29, 1.82) is 0 Å². The van der Waals surface area contributed by atoms with Gasteiger partial charge in [-0.15, -0.1) is 0 Å². The Kier molecular flexibility index (Phi) is 13.7. The van der Waals surface area contributed by atoms with Crippen LogP contribution in [0.3, 0.4) is 0 Å². The summed E-state index contributed by atoms with van der Waals surface area (Å²) in [5.74, 6) is 0. The first-order valence-electron chi connectivity index (χ1n) is 8.16. The summed E-state index contributed by atoms with van der Waals surface area (Å²) in [6.45, 7) is 4.80. The summed E-state index contributed by atoms with van der Waals surface area (Å²) in [4.78, 5) is 0. The molecule has 0 saturated carbocycles. The molecule has 0 rings (SSSR count). The highest BCUT2D eigenvalue weighted by Gasteiger charge is 2.10. The van der Waals surface area contributed by atoms with Gasteiger partial charge in [-0.1, -0.05) is 71.6 Å². The van der Waals surface area contributed by atoms with Crippen LogP contribution in [0, 0.1) is 0 Å². The molecule has 122 valence electrons. The molecular formula is C15H32O4S. The van der Waals surface area contributed by atoms with Crippen LogP contribution >= 0.6 is 0 Å². The van der Waals surface area contributed by atoms with Crippen molar-refractivity contribution >= 4 is 10.4 Å². The third kappa shape index (κ3) is 14.3. The molecule has 0 radical (unpaired) electrons. The lowest BCUT2D eigenvalue weighted by Gasteiger charge is -2.06. The second-order valence-electron chi connectivity index (χ2n) is 5.23. The van der Waals surface area contributed by atoms with Crippen LogP contribution in [0.4, 0.5) is 0 Å². The summed E-state index contributed by atoms with van der Waals surface area (Å²) in [6, 6.07) is 0. The maximum Gasteiger partial charge on any atom is 0.399 e. The van der Waals surface area contributed by atoms with Crippen molar-refractivity contribution < 1.29 is 16.8 Å². The molecule has 0 unspecified atom stereocenters. The van der Waals surface area contributed by atoms with Gasteiger partial charge in [-0.3, -0.25) is 0 Å². The molecule has 0 saturated heterocycles. The fourth-order valence-corrected chi connectivity index (χ4v) is 2.66. The van der Waals surface area contributed by atoms with Crippen LogP contribution in [0.15, 0.2) is 0 Å². The minimum absolute atomic E-state index is 0.239. The average Bonchev–Trinajstić information content (AvgIpc) is 2.41. The molecule has 5 heteroatoms. The lowest BCUT2D eigenvalue weighted by molar-refractivity contribution is 0.208. The molecule has 0 fully saturated rings. The first-order valence-corrected chi connectivity index (χ1v) is 9.49. The van der Waals surface area contributed by atoms with Crippen molar-refractivity contribution in [1.82, 2.24) is 0 Å². The Morgan fingerprint density at radius 2 is 0.950 bits per heavy atom. The molecular weight excluding hydrogens is 276 g/mol. The summed E-state index contributed by atoms with van der Waals surface area (Å²) in [5, 5.41) is 0. The zero-order valence-corrected chi connectivity index (χ0v) is 14.1. The molecule has 0 aromatic carbocycles. The molecule has 0 spiro atoms. The zero-order valence-electron chi connectivity index (χ0n) is 13.2. The van der Waals surface area contributed by atoms with E-state index in [0.717, 1.165) is 38.5 Å². The summed E-state index contributed by atoms with van der Waals surface area (Å²) in [5.41, 5.74) is 0. The van der Waals surface area contributed by atoms with E-state index in [9.17, 15) is 8.42 Å². The standard InChI is InChI=1S/C15H32O4S/c1-3-5-7-9-11-13-15-19-20(16,17)18-14-12-10-8-6-4-2/h3-15H2,1-2H3. The van der Waals surface area contributed by atoms with Gasteiger partial charge in [0.05, 0.1) is 13.2 Å². The third-order valence-electron chi connectivity index (χ3n) is 3.20. The Bertz CT molecular complexity index is 288. The van der Waals surface area contributed by atoms with Crippen molar-refractivity contribution in [3.05, 3.63) is 0 Å². The minimum atomic E-state index is -3.77. The number of unbranched alkanes of at least 4 members (excludes halogenated alkanes) is 9. The lowest BCUT2D eigenvalue weighted by Crippen LogP contribution is -2.12. The highest BCUT2D eigenvalue weighted by Crippen LogP contribution is 2.07. The van der Waals surface area contributed by atoms with Crippen LogP contribution in [0.25, 0.3) is 0 Å². The minimum Gasteiger partial charge on any atom is -0.248 e. The fourth-order valence-electron chi connectivity index (χ4n) is 1.94. The van der Waals surface area contributed by atoms with Crippen molar-refractivity contribution in [2.75, 3.05) is 13.2 Å². The highest BCUT2D eigenvalue weighted by atomic mass is 32.3. The number of hydrogen-bond acceptors (Lipinski definition) is 4. The van der Waals surface area contributed by atoms with Gasteiger partial charge in [0.1, 0.15) is 0 Å². The Balaban J connectivity index is 3.41. The topological polar surface area (TPSA) is 52.6 Å². The van der Waals surface area contributed by atoms with Crippen molar-refractivity contribution in [2.45, 2.75) is 84.5 Å². The molecule has 0 aliphatic carbocycles. The Morgan fingerprint density at radius 1 is 0.600 bits per heavy atom. The zero-order chi connectivity index (χ0) is 15.1. The Hall–Kier alpha value is -0.130. The van der Waals surface area contributed by atoms with Gasteiger partial charge in [0.2, 0.25) is 0 Å². The summed E-state index contributed by atoms with van der Waals surface area (Å²) < 4.78 is 32.4. The molecule has 0 amide bonds. The third-order valence-corrected chi connectivity index (χ3v) is 4.11. The molecule has 0 aromatic heterocycles. The first-order chi connectivity index (χ1) is 9.62. The van der Waals surface area contributed by atoms with Crippen molar-refractivity contribution in [3.8, 4) is 0 Å². The van der Waals surface area contributed by atoms with E-state index in [4.69, 9.17) is 8.37 Å². The van der Waals surface area contributed by atoms with Gasteiger partial charge in [0.25, 0.3) is 0 Å². The Labute approximate surface area is 125 Å². The van der Waals surface area contributed by atoms with Crippen molar-refractivity contribution in [2.24, 2.45) is 0 Å². The van der Waals surface area contributed by atoms with Gasteiger partial charge in [-0.25, -0.2) is 8.37 Å². The van der Waals surface area contributed by atoms with Crippen LogP contribution in [0.1, 0.15) is 84.5 Å². The van der Waals surface area contributed by atoms with E-state index < -0.39 is 10.4 Å². The molecule has 0 heterocycles. The van der Waals surface area contributed by atoms with E-state index in [2.05, 4.69) is 13.8 Å². The monoisotopic (exact) mass is 308 g/mol. The van der Waals surface area contributed by atoms with E-state index in [1.807, 2.05) is 0 Å². The molecule has 0 aliphatic rings. The van der Waals surface area contributed by atoms with Gasteiger partial charge in [0.15, 0.2) is 0 Å². The highest BCUT2D eigenvalue weighted by molar-refractivity contribution is 7.81. The molecule has 0 bridgehead atoms. The summed E-state index contributed by atoms with van der Waals surface area (Å²) >= 11 is 0. The molecule has 0 N–H and O–H groups in total. The van der Waals surface area contributed by atoms with Gasteiger partial charge in [-0.2, -0.15) is 8.42 Å². The largest absolute Gasteiger partial charge is 0.399 e.